The van der Waals surface area contributed by atoms with Crippen LogP contribution in [0.5, 0.6) is 0 Å². The van der Waals surface area contributed by atoms with Gasteiger partial charge in [-0.2, -0.15) is 11.8 Å². The highest BCUT2D eigenvalue weighted by Gasteiger charge is 2.39. The molecule has 3 nitrogen and oxygen atoms in total. The summed E-state index contributed by atoms with van der Waals surface area (Å²) in [5.41, 5.74) is 0. The minimum Gasteiger partial charge on any atom is -0.323 e. The third-order valence-electron chi connectivity index (χ3n) is 3.37. The lowest BCUT2D eigenvalue weighted by Crippen LogP contribution is -2.45. The van der Waals surface area contributed by atoms with Gasteiger partial charge in [-0.05, 0) is 37.7 Å². The molecule has 0 bridgehead atoms. The van der Waals surface area contributed by atoms with Crippen LogP contribution >= 0.6 is 11.8 Å². The van der Waals surface area contributed by atoms with Gasteiger partial charge in [-0.1, -0.05) is 6.92 Å². The number of nitrogens with zero attached hydrogens (tertiary/aromatic N) is 1. The van der Waals surface area contributed by atoms with Crippen LogP contribution in [0.25, 0.3) is 0 Å². The Hall–Kier alpha value is -0.220. The van der Waals surface area contributed by atoms with Crippen LogP contribution in [0.15, 0.2) is 0 Å². The highest BCUT2D eigenvalue weighted by Crippen LogP contribution is 2.26. The van der Waals surface area contributed by atoms with Crippen LogP contribution in [0.2, 0.25) is 0 Å². The van der Waals surface area contributed by atoms with Gasteiger partial charge in [0.2, 0.25) is 5.91 Å². The average Bonchev–Trinajstić information content (AvgIpc) is 2.56. The van der Waals surface area contributed by atoms with Crippen LogP contribution in [0, 0.1) is 0 Å². The summed E-state index contributed by atoms with van der Waals surface area (Å²) in [5, 5.41) is 3.37. The number of hydrogen-bond acceptors (Lipinski definition) is 3. The quantitative estimate of drug-likeness (QED) is 0.776. The average molecular weight is 228 g/mol. The molecule has 2 unspecified atom stereocenters. The van der Waals surface area contributed by atoms with E-state index < -0.39 is 0 Å². The summed E-state index contributed by atoms with van der Waals surface area (Å²) < 4.78 is 0. The molecule has 0 saturated carbocycles. The SMILES string of the molecule is CCC1NC(C)C(=O)N1C1CCSCC1. The highest BCUT2D eigenvalue weighted by atomic mass is 32.2. The van der Waals surface area contributed by atoms with Gasteiger partial charge in [0.05, 0.1) is 12.2 Å². The molecule has 86 valence electrons. The number of nitrogens with one attached hydrogen (secondary N) is 1. The molecule has 0 aliphatic carbocycles. The highest BCUT2D eigenvalue weighted by molar-refractivity contribution is 7.99. The van der Waals surface area contributed by atoms with Crippen LogP contribution < -0.4 is 5.32 Å². The number of hydrogen-bond donors (Lipinski definition) is 1. The Balaban J connectivity index is 2.07. The Morgan fingerprint density at radius 2 is 2.13 bits per heavy atom. The van der Waals surface area contributed by atoms with Crippen molar-refractivity contribution in [3.8, 4) is 0 Å². The van der Waals surface area contributed by atoms with Crippen molar-refractivity contribution in [3.63, 3.8) is 0 Å². The molecule has 0 aromatic rings. The minimum absolute atomic E-state index is 0.0181. The lowest BCUT2D eigenvalue weighted by molar-refractivity contribution is -0.132. The third kappa shape index (κ3) is 2.16. The summed E-state index contributed by atoms with van der Waals surface area (Å²) in [6, 6.07) is 0.505. The molecule has 0 aromatic heterocycles. The van der Waals surface area contributed by atoms with Crippen LogP contribution in [0.3, 0.4) is 0 Å². The molecule has 2 fully saturated rings. The van der Waals surface area contributed by atoms with Crippen molar-refractivity contribution in [1.29, 1.82) is 0 Å². The summed E-state index contributed by atoms with van der Waals surface area (Å²) in [7, 11) is 0. The topological polar surface area (TPSA) is 32.3 Å². The predicted octanol–water partition coefficient (Wildman–Crippen LogP) is 1.44. The molecule has 2 atom stereocenters. The van der Waals surface area contributed by atoms with E-state index in [1.54, 1.807) is 0 Å². The van der Waals surface area contributed by atoms with E-state index in [1.807, 2.05) is 18.7 Å². The fraction of sp³-hybridized carbons (Fsp3) is 0.909. The molecule has 1 amide bonds. The Kier molecular flexibility index (Phi) is 3.57. The second kappa shape index (κ2) is 4.74. The summed E-state index contributed by atoms with van der Waals surface area (Å²) in [6.45, 7) is 4.12. The van der Waals surface area contributed by atoms with Gasteiger partial charge in [0.15, 0.2) is 0 Å². The normalized spacial score (nSPS) is 33.7. The van der Waals surface area contributed by atoms with Crippen LogP contribution in [0.1, 0.15) is 33.1 Å². The molecule has 4 heteroatoms. The number of thioether (sulfide) groups is 1. The van der Waals surface area contributed by atoms with Crippen molar-refractivity contribution >= 4 is 17.7 Å². The fourth-order valence-corrected chi connectivity index (χ4v) is 3.61. The zero-order valence-electron chi connectivity index (χ0n) is 9.53. The van der Waals surface area contributed by atoms with Crippen molar-refractivity contribution in [2.24, 2.45) is 0 Å². The predicted molar refractivity (Wildman–Crippen MR) is 63.9 cm³/mol. The van der Waals surface area contributed by atoms with Gasteiger partial charge >= 0.3 is 0 Å². The smallest absolute Gasteiger partial charge is 0.240 e. The summed E-state index contributed by atoms with van der Waals surface area (Å²) in [4.78, 5) is 14.1. The Morgan fingerprint density at radius 1 is 1.47 bits per heavy atom. The second-order valence-electron chi connectivity index (χ2n) is 4.40. The van der Waals surface area contributed by atoms with Crippen molar-refractivity contribution in [2.45, 2.75) is 51.4 Å². The number of rotatable bonds is 2. The molecule has 2 aliphatic heterocycles. The molecule has 2 aliphatic rings. The number of amides is 1. The van der Waals surface area contributed by atoms with Gasteiger partial charge in [0.1, 0.15) is 0 Å². The van der Waals surface area contributed by atoms with Gasteiger partial charge < -0.3 is 4.90 Å². The summed E-state index contributed by atoms with van der Waals surface area (Å²) >= 11 is 2.01. The van der Waals surface area contributed by atoms with Gasteiger partial charge in [-0.15, -0.1) is 0 Å². The molecule has 0 radical (unpaired) electrons. The lowest BCUT2D eigenvalue weighted by Gasteiger charge is -2.34. The van der Waals surface area contributed by atoms with Crippen molar-refractivity contribution < 1.29 is 4.79 Å². The fourth-order valence-electron chi connectivity index (χ4n) is 2.53. The molecule has 2 heterocycles. The Morgan fingerprint density at radius 3 is 2.73 bits per heavy atom. The molecule has 0 aromatic carbocycles. The minimum atomic E-state index is 0.0181. The van der Waals surface area contributed by atoms with Crippen LogP contribution in [0.4, 0.5) is 0 Å². The Bertz CT molecular complexity index is 241. The first-order chi connectivity index (χ1) is 7.24. The summed E-state index contributed by atoms with van der Waals surface area (Å²) in [6.07, 6.45) is 3.63. The van der Waals surface area contributed by atoms with E-state index in [4.69, 9.17) is 0 Å². The zero-order valence-corrected chi connectivity index (χ0v) is 10.3. The van der Waals surface area contributed by atoms with Gasteiger partial charge in [-0.25, -0.2) is 0 Å². The van der Waals surface area contributed by atoms with Crippen molar-refractivity contribution in [1.82, 2.24) is 10.2 Å². The maximum absolute atomic E-state index is 12.0. The van der Waals surface area contributed by atoms with Gasteiger partial charge in [-0.3, -0.25) is 10.1 Å². The first-order valence-electron chi connectivity index (χ1n) is 5.90. The summed E-state index contributed by atoms with van der Waals surface area (Å²) in [5.74, 6) is 2.72. The van der Waals surface area contributed by atoms with Crippen molar-refractivity contribution in [2.75, 3.05) is 11.5 Å². The first kappa shape index (κ1) is 11.3. The standard InChI is InChI=1S/C11H20N2OS/c1-3-10-12-8(2)11(14)13(10)9-4-6-15-7-5-9/h8-10,12H,3-7H2,1-2H3. The maximum Gasteiger partial charge on any atom is 0.240 e. The van der Waals surface area contributed by atoms with Crippen molar-refractivity contribution in [3.05, 3.63) is 0 Å². The van der Waals surface area contributed by atoms with Gasteiger partial charge in [0, 0.05) is 6.04 Å². The van der Waals surface area contributed by atoms with E-state index in [-0.39, 0.29) is 12.2 Å². The Labute approximate surface area is 96.0 Å². The first-order valence-corrected chi connectivity index (χ1v) is 7.05. The molecule has 0 spiro atoms. The molecular formula is C11H20N2OS. The maximum atomic E-state index is 12.0. The van der Waals surface area contributed by atoms with E-state index >= 15 is 0 Å². The number of carbonyl (C=O) groups is 1. The molecule has 15 heavy (non-hydrogen) atoms. The molecular weight excluding hydrogens is 208 g/mol. The largest absolute Gasteiger partial charge is 0.323 e. The third-order valence-corrected chi connectivity index (χ3v) is 4.42. The molecule has 2 rings (SSSR count). The second-order valence-corrected chi connectivity index (χ2v) is 5.63. The molecule has 1 N–H and O–H groups in total. The number of carbonyl (C=O) groups excluding carboxylic acids is 1. The van der Waals surface area contributed by atoms with Gasteiger partial charge in [0.25, 0.3) is 0 Å². The van der Waals surface area contributed by atoms with E-state index in [0.29, 0.717) is 11.9 Å². The lowest BCUT2D eigenvalue weighted by atomic mass is 10.1. The van der Waals surface area contributed by atoms with Crippen LogP contribution in [-0.2, 0) is 4.79 Å². The monoisotopic (exact) mass is 228 g/mol. The van der Waals surface area contributed by atoms with Crippen LogP contribution in [-0.4, -0.2) is 40.6 Å². The van der Waals surface area contributed by atoms with E-state index in [2.05, 4.69) is 17.1 Å². The zero-order chi connectivity index (χ0) is 10.8. The van der Waals surface area contributed by atoms with E-state index in [0.717, 1.165) is 6.42 Å². The van der Waals surface area contributed by atoms with E-state index in [1.165, 1.54) is 24.3 Å². The molecule has 2 saturated heterocycles. The van der Waals surface area contributed by atoms with E-state index in [9.17, 15) is 4.79 Å².